The summed E-state index contributed by atoms with van der Waals surface area (Å²) in [5.74, 6) is 0. The minimum atomic E-state index is 0.117. The smallest absolute Gasteiger partial charge is 0.0914 e. The first-order chi connectivity index (χ1) is 3.72. The van der Waals surface area contributed by atoms with E-state index in [2.05, 4.69) is 5.16 Å². The van der Waals surface area contributed by atoms with E-state index < -0.39 is 0 Å². The Bertz CT molecular complexity index is 121. The average Bonchev–Trinajstić information content (AvgIpc) is 1.69. The predicted molar refractivity (Wildman–Crippen MR) is 33.2 cm³/mol. The van der Waals surface area contributed by atoms with Crippen LogP contribution in [0.15, 0.2) is 5.16 Å². The van der Waals surface area contributed by atoms with Gasteiger partial charge in [0.05, 0.1) is 19.3 Å². The highest BCUT2D eigenvalue weighted by Crippen LogP contribution is 1.83. The Morgan fingerprint density at radius 2 is 2.38 bits per heavy atom. The third kappa shape index (κ3) is 1.77. The van der Waals surface area contributed by atoms with E-state index in [1.54, 1.807) is 0 Å². The van der Waals surface area contributed by atoms with Gasteiger partial charge in [0.15, 0.2) is 0 Å². The van der Waals surface area contributed by atoms with Crippen LogP contribution in [0.25, 0.3) is 0 Å². The molecule has 0 amide bonds. The molecule has 0 aliphatic heterocycles. The van der Waals surface area contributed by atoms with Crippen molar-refractivity contribution < 1.29 is 5.21 Å². The van der Waals surface area contributed by atoms with Crippen LogP contribution in [0.1, 0.15) is 6.92 Å². The van der Waals surface area contributed by atoms with Gasteiger partial charge in [-0.25, -0.2) is 0 Å². The van der Waals surface area contributed by atoms with E-state index in [0.717, 1.165) is 0 Å². The fourth-order valence-corrected chi connectivity index (χ4v) is 0.269. The molecule has 0 atom stereocenters. The van der Waals surface area contributed by atoms with Crippen LogP contribution in [0.4, 0.5) is 0 Å². The molecule has 0 aromatic rings. The van der Waals surface area contributed by atoms with Gasteiger partial charge in [-0.2, -0.15) is 0 Å². The Balaban J connectivity index is 3.92. The van der Waals surface area contributed by atoms with Crippen LogP contribution in [-0.2, 0) is 0 Å². The standard InChI is InChI=1S/C4H7BN2O/c1-3(6)4(2-5)7-8/h6,8H,2H2,1H3/b6-3?,7-4-. The van der Waals surface area contributed by atoms with Crippen molar-refractivity contribution in [2.75, 3.05) is 0 Å². The third-order valence-electron chi connectivity index (χ3n) is 0.747. The van der Waals surface area contributed by atoms with E-state index >= 15 is 0 Å². The van der Waals surface area contributed by atoms with E-state index in [1.807, 2.05) is 0 Å². The summed E-state index contributed by atoms with van der Waals surface area (Å²) in [6.07, 6.45) is 0.117. The Labute approximate surface area is 49.3 Å². The molecular formula is C4H7BN2O. The minimum Gasteiger partial charge on any atom is -0.411 e. The van der Waals surface area contributed by atoms with E-state index in [4.69, 9.17) is 18.5 Å². The Morgan fingerprint density at radius 1 is 1.88 bits per heavy atom. The number of nitrogens with one attached hydrogen (secondary N) is 1. The number of hydrogen-bond donors (Lipinski definition) is 2. The lowest BCUT2D eigenvalue weighted by Gasteiger charge is -1.93. The zero-order valence-corrected chi connectivity index (χ0v) is 4.68. The first-order valence-corrected chi connectivity index (χ1v) is 2.19. The van der Waals surface area contributed by atoms with Gasteiger partial charge in [-0.3, -0.25) is 0 Å². The van der Waals surface area contributed by atoms with Gasteiger partial charge in [-0.15, -0.1) is 0 Å². The van der Waals surface area contributed by atoms with Crippen molar-refractivity contribution in [3.8, 4) is 0 Å². The van der Waals surface area contributed by atoms with Gasteiger partial charge in [0.1, 0.15) is 0 Å². The molecule has 0 saturated carbocycles. The minimum absolute atomic E-state index is 0.117. The maximum absolute atomic E-state index is 8.06. The zero-order valence-electron chi connectivity index (χ0n) is 4.68. The molecule has 0 saturated heterocycles. The molecule has 0 fully saturated rings. The van der Waals surface area contributed by atoms with Crippen molar-refractivity contribution in [1.82, 2.24) is 0 Å². The van der Waals surface area contributed by atoms with Gasteiger partial charge in [0.2, 0.25) is 0 Å². The molecule has 0 bridgehead atoms. The first kappa shape index (κ1) is 7.20. The second kappa shape index (κ2) is 3.24. The fourth-order valence-electron chi connectivity index (χ4n) is 0.269. The molecule has 2 N–H and O–H groups in total. The maximum atomic E-state index is 8.06. The number of nitrogens with zero attached hydrogens (tertiary/aromatic N) is 1. The SMILES string of the molecule is [B]C/C(=N/O)C(C)=N. The molecule has 0 aromatic carbocycles. The van der Waals surface area contributed by atoms with Gasteiger partial charge >= 0.3 is 0 Å². The molecular weight excluding hydrogens is 103 g/mol. The lowest BCUT2D eigenvalue weighted by molar-refractivity contribution is 0.320. The quantitative estimate of drug-likeness (QED) is 0.230. The summed E-state index contributed by atoms with van der Waals surface area (Å²) in [6, 6.07) is 0. The van der Waals surface area contributed by atoms with Crippen molar-refractivity contribution in [1.29, 1.82) is 5.41 Å². The average molecular weight is 110 g/mol. The van der Waals surface area contributed by atoms with Crippen LogP contribution < -0.4 is 0 Å². The summed E-state index contributed by atoms with van der Waals surface area (Å²) in [6.45, 7) is 1.52. The number of hydrogen-bond acceptors (Lipinski definition) is 3. The van der Waals surface area contributed by atoms with Crippen molar-refractivity contribution >= 4 is 19.3 Å². The summed E-state index contributed by atoms with van der Waals surface area (Å²) >= 11 is 0. The van der Waals surface area contributed by atoms with Gasteiger partial charge in [-0.05, 0) is 13.2 Å². The molecule has 2 radical (unpaired) electrons. The van der Waals surface area contributed by atoms with Crippen LogP contribution in [0.5, 0.6) is 0 Å². The van der Waals surface area contributed by atoms with E-state index in [1.165, 1.54) is 6.92 Å². The second-order valence-electron chi connectivity index (χ2n) is 1.38. The lowest BCUT2D eigenvalue weighted by Crippen LogP contribution is -2.07. The summed E-state index contributed by atoms with van der Waals surface area (Å²) in [4.78, 5) is 0. The Kier molecular flexibility index (Phi) is 2.92. The molecule has 4 heteroatoms. The zero-order chi connectivity index (χ0) is 6.57. The van der Waals surface area contributed by atoms with Crippen molar-refractivity contribution in [3.63, 3.8) is 0 Å². The van der Waals surface area contributed by atoms with Crippen LogP contribution >= 0.6 is 0 Å². The lowest BCUT2D eigenvalue weighted by atomic mass is 9.98. The normalized spacial score (nSPS) is 11.4. The second-order valence-corrected chi connectivity index (χ2v) is 1.38. The molecule has 0 unspecified atom stereocenters. The Hall–Kier alpha value is -0.795. The van der Waals surface area contributed by atoms with Gasteiger partial charge in [0.25, 0.3) is 0 Å². The molecule has 8 heavy (non-hydrogen) atoms. The monoisotopic (exact) mass is 110 g/mol. The predicted octanol–water partition coefficient (Wildman–Crippen LogP) is 0.443. The van der Waals surface area contributed by atoms with Crippen molar-refractivity contribution in [2.24, 2.45) is 5.16 Å². The topological polar surface area (TPSA) is 56.4 Å². The molecule has 0 aliphatic carbocycles. The summed E-state index contributed by atoms with van der Waals surface area (Å²) in [7, 11) is 5.05. The molecule has 42 valence electrons. The van der Waals surface area contributed by atoms with E-state index in [0.29, 0.717) is 0 Å². The van der Waals surface area contributed by atoms with Crippen molar-refractivity contribution in [2.45, 2.75) is 13.2 Å². The summed E-state index contributed by atoms with van der Waals surface area (Å²) in [5, 5.41) is 17.7. The van der Waals surface area contributed by atoms with Gasteiger partial charge in [0, 0.05) is 0 Å². The van der Waals surface area contributed by atoms with Gasteiger partial charge in [-0.1, -0.05) is 5.16 Å². The molecule has 3 nitrogen and oxygen atoms in total. The molecule has 0 aromatic heterocycles. The van der Waals surface area contributed by atoms with Crippen molar-refractivity contribution in [3.05, 3.63) is 0 Å². The largest absolute Gasteiger partial charge is 0.411 e. The highest BCUT2D eigenvalue weighted by atomic mass is 16.4. The first-order valence-electron chi connectivity index (χ1n) is 2.19. The molecule has 0 aliphatic rings. The van der Waals surface area contributed by atoms with E-state index in [-0.39, 0.29) is 17.7 Å². The molecule has 0 heterocycles. The number of rotatable bonds is 2. The van der Waals surface area contributed by atoms with E-state index in [9.17, 15) is 0 Å². The molecule has 0 rings (SSSR count). The maximum Gasteiger partial charge on any atom is 0.0914 e. The van der Waals surface area contributed by atoms with Crippen LogP contribution in [0.3, 0.4) is 0 Å². The highest BCUT2D eigenvalue weighted by molar-refractivity contribution is 6.47. The van der Waals surface area contributed by atoms with Crippen LogP contribution in [0.2, 0.25) is 6.32 Å². The van der Waals surface area contributed by atoms with Gasteiger partial charge < -0.3 is 10.6 Å². The number of oxime groups is 1. The van der Waals surface area contributed by atoms with Crippen LogP contribution in [0, 0.1) is 5.41 Å². The summed E-state index contributed by atoms with van der Waals surface area (Å²) in [5.41, 5.74) is 0.431. The van der Waals surface area contributed by atoms with Crippen LogP contribution in [-0.4, -0.2) is 24.5 Å². The Morgan fingerprint density at radius 3 is 2.38 bits per heavy atom. The molecule has 0 spiro atoms. The third-order valence-corrected chi connectivity index (χ3v) is 0.747. The fraction of sp³-hybridized carbons (Fsp3) is 0.500. The highest BCUT2D eigenvalue weighted by Gasteiger charge is 1.95. The summed E-state index contributed by atoms with van der Waals surface area (Å²) < 4.78 is 0.